The molecule has 6 nitrogen and oxygen atoms in total. The van der Waals surface area contributed by atoms with Gasteiger partial charge >= 0.3 is 6.09 Å². The average Bonchev–Trinajstić information content (AvgIpc) is 3.57. The molecule has 1 aromatic heterocycles. The van der Waals surface area contributed by atoms with E-state index < -0.39 is 0 Å². The lowest BCUT2D eigenvalue weighted by Gasteiger charge is -2.35. The van der Waals surface area contributed by atoms with Gasteiger partial charge in [-0.1, -0.05) is 23.7 Å². The average molecular weight is 455 g/mol. The van der Waals surface area contributed by atoms with E-state index in [1.165, 1.54) is 5.56 Å². The van der Waals surface area contributed by atoms with E-state index in [-0.39, 0.29) is 18.7 Å². The van der Waals surface area contributed by atoms with Crippen molar-refractivity contribution >= 4 is 28.6 Å². The molecule has 2 aromatic carbocycles. The minimum Gasteiger partial charge on any atom is -0.494 e. The maximum absolute atomic E-state index is 13.1. The Morgan fingerprint density at radius 2 is 2.00 bits per heavy atom. The van der Waals surface area contributed by atoms with Crippen LogP contribution in [0.2, 0.25) is 5.02 Å². The predicted molar refractivity (Wildman–Crippen MR) is 123 cm³/mol. The molecule has 32 heavy (non-hydrogen) atoms. The van der Waals surface area contributed by atoms with Crippen molar-refractivity contribution in [2.45, 2.75) is 31.7 Å². The largest absolute Gasteiger partial charge is 0.494 e. The Labute approximate surface area is 192 Å². The fourth-order valence-corrected chi connectivity index (χ4v) is 4.53. The first kappa shape index (κ1) is 21.2. The number of rotatable bonds is 7. The van der Waals surface area contributed by atoms with Crippen molar-refractivity contribution in [3.05, 3.63) is 64.3 Å². The van der Waals surface area contributed by atoms with Crippen LogP contribution in [0, 0.1) is 5.92 Å². The third kappa shape index (κ3) is 4.30. The first-order valence-corrected chi connectivity index (χ1v) is 11.6. The number of benzene rings is 2. The quantitative estimate of drug-likeness (QED) is 0.488. The van der Waals surface area contributed by atoms with Crippen molar-refractivity contribution in [3.8, 4) is 5.75 Å². The van der Waals surface area contributed by atoms with Gasteiger partial charge in [-0.3, -0.25) is 4.90 Å². The summed E-state index contributed by atoms with van der Waals surface area (Å²) >= 11 is 6.27. The molecule has 1 saturated carbocycles. The zero-order valence-electron chi connectivity index (χ0n) is 17.9. The highest BCUT2D eigenvalue weighted by molar-refractivity contribution is 6.31. The van der Waals surface area contributed by atoms with Gasteiger partial charge < -0.3 is 19.6 Å². The molecule has 1 aliphatic carbocycles. The third-order valence-corrected chi connectivity index (χ3v) is 6.47. The van der Waals surface area contributed by atoms with E-state index in [1.54, 1.807) is 0 Å². The number of carbonyl (C=O) groups is 1. The van der Waals surface area contributed by atoms with Gasteiger partial charge in [0.25, 0.3) is 0 Å². The first-order chi connectivity index (χ1) is 15.6. The Hall–Kier alpha value is -2.70. The van der Waals surface area contributed by atoms with Crippen LogP contribution in [0.25, 0.3) is 10.9 Å². The Kier molecular flexibility index (Phi) is 5.98. The normalized spacial score (nSPS) is 17.9. The monoisotopic (exact) mass is 454 g/mol. The Morgan fingerprint density at radius 1 is 1.19 bits per heavy atom. The van der Waals surface area contributed by atoms with E-state index in [9.17, 15) is 4.79 Å². The van der Waals surface area contributed by atoms with Crippen molar-refractivity contribution in [3.63, 3.8) is 0 Å². The fraction of sp³-hybridized carbons (Fsp3) is 0.400. The van der Waals surface area contributed by atoms with Crippen LogP contribution < -0.4 is 4.74 Å². The van der Waals surface area contributed by atoms with E-state index in [4.69, 9.17) is 26.2 Å². The Morgan fingerprint density at radius 3 is 2.75 bits per heavy atom. The number of halogens is 1. The zero-order chi connectivity index (χ0) is 22.1. The van der Waals surface area contributed by atoms with Crippen molar-refractivity contribution in [2.75, 3.05) is 26.4 Å². The minimum atomic E-state index is -0.275. The molecule has 1 amide bonds. The summed E-state index contributed by atoms with van der Waals surface area (Å²) in [5.41, 5.74) is 4.20. The van der Waals surface area contributed by atoms with Crippen LogP contribution >= 0.6 is 11.6 Å². The number of carbonyl (C=O) groups excluding carboxylic acids is 1. The highest BCUT2D eigenvalue weighted by atomic mass is 35.5. The van der Waals surface area contributed by atoms with Crippen LogP contribution in [0.4, 0.5) is 4.79 Å². The smallest absolute Gasteiger partial charge is 0.410 e. The summed E-state index contributed by atoms with van der Waals surface area (Å²) in [6.07, 6.45) is 3.34. The van der Waals surface area contributed by atoms with Gasteiger partial charge in [0, 0.05) is 41.2 Å². The lowest BCUT2D eigenvalue weighted by molar-refractivity contribution is 0.0852. The summed E-state index contributed by atoms with van der Waals surface area (Å²) in [6.45, 7) is 1.64. The number of fused-ring (bicyclic) bond motifs is 3. The molecule has 1 aliphatic heterocycles. The van der Waals surface area contributed by atoms with Crippen LogP contribution in [0.5, 0.6) is 5.75 Å². The second kappa shape index (κ2) is 9.04. The van der Waals surface area contributed by atoms with Crippen LogP contribution in [0.15, 0.2) is 42.5 Å². The van der Waals surface area contributed by atoms with E-state index in [2.05, 4.69) is 4.98 Å². The second-order valence-electron chi connectivity index (χ2n) is 8.57. The number of aliphatic hydroxyl groups is 1. The molecule has 2 N–H and O–H groups in total. The van der Waals surface area contributed by atoms with E-state index in [1.807, 2.05) is 47.4 Å². The molecule has 7 heteroatoms. The molecule has 0 spiro atoms. The molecule has 2 heterocycles. The number of aliphatic hydroxyl groups excluding tert-OH is 1. The number of nitrogens with one attached hydrogen (secondary N) is 1. The summed E-state index contributed by atoms with van der Waals surface area (Å²) in [5.74, 6) is 1.26. The summed E-state index contributed by atoms with van der Waals surface area (Å²) in [7, 11) is 0. The van der Waals surface area contributed by atoms with Gasteiger partial charge in [0.2, 0.25) is 0 Å². The Balaban J connectivity index is 1.48. The molecular weight excluding hydrogens is 428 g/mol. The second-order valence-corrected chi connectivity index (χ2v) is 9.00. The lowest BCUT2D eigenvalue weighted by atomic mass is 9.92. The third-order valence-electron chi connectivity index (χ3n) is 6.23. The number of hydrogen-bond donors (Lipinski definition) is 2. The number of hydrogen-bond acceptors (Lipinski definition) is 4. The molecular formula is C25H27ClN2O4. The van der Waals surface area contributed by atoms with Crippen molar-refractivity contribution in [1.29, 1.82) is 0 Å². The van der Waals surface area contributed by atoms with Crippen LogP contribution in [0.3, 0.4) is 0 Å². The summed E-state index contributed by atoms with van der Waals surface area (Å²) < 4.78 is 11.3. The number of amides is 1. The van der Waals surface area contributed by atoms with Crippen LogP contribution in [-0.4, -0.2) is 47.4 Å². The SMILES string of the molecule is O=C(OCC1CC1)N1CCc2c([nH]c3ccc(Cl)cc23)[C@@H]1c1ccc(OCCCO)cc1. The van der Waals surface area contributed by atoms with E-state index in [0.717, 1.165) is 47.2 Å². The fourth-order valence-electron chi connectivity index (χ4n) is 4.36. The molecule has 1 atom stereocenters. The molecule has 168 valence electrons. The standard InChI is InChI=1S/C25H27ClN2O4/c26-18-6-9-22-21(14-18)20-10-11-28(25(30)32-15-16-2-3-16)24(23(20)27-22)17-4-7-19(8-5-17)31-13-1-12-29/h4-9,14,16,24,27,29H,1-3,10-13,15H2/t24-/m0/s1. The zero-order valence-corrected chi connectivity index (χ0v) is 18.6. The van der Waals surface area contributed by atoms with E-state index >= 15 is 0 Å². The number of aromatic amines is 1. The lowest BCUT2D eigenvalue weighted by Crippen LogP contribution is -2.41. The molecule has 2 aliphatic rings. The van der Waals surface area contributed by atoms with Gasteiger partial charge in [-0.2, -0.15) is 0 Å². The maximum atomic E-state index is 13.1. The molecule has 5 rings (SSSR count). The van der Waals surface area contributed by atoms with Gasteiger partial charge in [0.15, 0.2) is 0 Å². The molecule has 0 saturated heterocycles. The first-order valence-electron chi connectivity index (χ1n) is 11.2. The van der Waals surface area contributed by atoms with Crippen LogP contribution in [0.1, 0.15) is 42.1 Å². The highest BCUT2D eigenvalue weighted by Crippen LogP contribution is 2.40. The topological polar surface area (TPSA) is 74.8 Å². The summed E-state index contributed by atoms with van der Waals surface area (Å²) in [4.78, 5) is 18.4. The van der Waals surface area contributed by atoms with Crippen LogP contribution in [-0.2, 0) is 11.2 Å². The molecule has 0 unspecified atom stereocenters. The van der Waals surface area contributed by atoms with Crippen molar-refractivity contribution in [1.82, 2.24) is 9.88 Å². The Bertz CT molecular complexity index is 1110. The van der Waals surface area contributed by atoms with Crippen molar-refractivity contribution in [2.24, 2.45) is 5.92 Å². The van der Waals surface area contributed by atoms with Gasteiger partial charge in [0.1, 0.15) is 11.8 Å². The number of ether oxygens (including phenoxy) is 2. The number of H-pyrrole nitrogens is 1. The van der Waals surface area contributed by atoms with Gasteiger partial charge in [-0.25, -0.2) is 4.79 Å². The number of nitrogens with zero attached hydrogens (tertiary/aromatic N) is 1. The molecule has 3 aromatic rings. The van der Waals surface area contributed by atoms with Gasteiger partial charge in [0.05, 0.1) is 13.2 Å². The van der Waals surface area contributed by atoms with Crippen molar-refractivity contribution < 1.29 is 19.4 Å². The predicted octanol–water partition coefficient (Wildman–Crippen LogP) is 5.08. The molecule has 0 radical (unpaired) electrons. The van der Waals surface area contributed by atoms with E-state index in [0.29, 0.717) is 37.1 Å². The minimum absolute atomic E-state index is 0.102. The summed E-state index contributed by atoms with van der Waals surface area (Å²) in [5, 5.41) is 10.8. The molecule has 0 bridgehead atoms. The summed E-state index contributed by atoms with van der Waals surface area (Å²) in [6, 6.07) is 13.4. The van der Waals surface area contributed by atoms with Gasteiger partial charge in [-0.15, -0.1) is 0 Å². The molecule has 1 fully saturated rings. The highest BCUT2D eigenvalue weighted by Gasteiger charge is 2.36. The van der Waals surface area contributed by atoms with Gasteiger partial charge in [-0.05, 0) is 66.6 Å². The maximum Gasteiger partial charge on any atom is 0.410 e. The number of aromatic nitrogens is 1.